The minimum Gasteiger partial charge on any atom is -0.297 e. The molecule has 2 N–H and O–H groups in total. The van der Waals surface area contributed by atoms with Gasteiger partial charge in [-0.15, -0.1) is 0 Å². The molecule has 3 aromatic rings. The average Bonchev–Trinajstić information content (AvgIpc) is 3.01. The van der Waals surface area contributed by atoms with E-state index in [1.54, 1.807) is 6.20 Å². The first-order valence-electron chi connectivity index (χ1n) is 9.27. The summed E-state index contributed by atoms with van der Waals surface area (Å²) in [6.07, 6.45) is 3.40. The van der Waals surface area contributed by atoms with Crippen molar-refractivity contribution in [2.75, 3.05) is 10.8 Å². The summed E-state index contributed by atoms with van der Waals surface area (Å²) in [7, 11) is 0. The first-order valence-corrected chi connectivity index (χ1v) is 11.1. The van der Waals surface area contributed by atoms with Crippen LogP contribution in [0.1, 0.15) is 38.4 Å². The van der Waals surface area contributed by atoms with Crippen LogP contribution in [0.5, 0.6) is 0 Å². The van der Waals surface area contributed by atoms with Gasteiger partial charge in [0, 0.05) is 17.6 Å². The third-order valence-electron chi connectivity index (χ3n) is 4.38. The fraction of sp³-hybridized carbons (Fsp3) is 0.474. The molecule has 0 amide bonds. The number of H-pyrrole nitrogens is 1. The monoisotopic (exact) mass is 419 g/mol. The van der Waals surface area contributed by atoms with Gasteiger partial charge in [-0.1, -0.05) is 43.0 Å². The van der Waals surface area contributed by atoms with E-state index in [1.165, 1.54) is 16.8 Å². The average molecular weight is 420 g/mol. The van der Waals surface area contributed by atoms with Gasteiger partial charge >= 0.3 is 4.87 Å². The van der Waals surface area contributed by atoms with Gasteiger partial charge in [-0.25, -0.2) is 15.0 Å². The van der Waals surface area contributed by atoms with Crippen LogP contribution in [0.4, 0.5) is 5.82 Å². The number of nitrogens with one attached hydrogen (secondary N) is 1. The zero-order chi connectivity index (χ0) is 20.3. The molecule has 0 radical (unpaired) electrons. The summed E-state index contributed by atoms with van der Waals surface area (Å²) >= 11 is 2.51. The largest absolute Gasteiger partial charge is 0.306 e. The second kappa shape index (κ2) is 9.02. The van der Waals surface area contributed by atoms with Gasteiger partial charge in [0.05, 0.1) is 6.04 Å². The van der Waals surface area contributed by atoms with Crippen LogP contribution in [-0.2, 0) is 6.42 Å². The molecule has 0 aliphatic carbocycles. The minimum atomic E-state index is -0.207. The summed E-state index contributed by atoms with van der Waals surface area (Å²) in [6, 6.07) is 3.85. The van der Waals surface area contributed by atoms with Crippen molar-refractivity contribution in [1.29, 1.82) is 0 Å². The second-order valence-corrected chi connectivity index (χ2v) is 9.26. The van der Waals surface area contributed by atoms with Gasteiger partial charge in [0.15, 0.2) is 16.6 Å². The Labute approximate surface area is 172 Å². The zero-order valence-electron chi connectivity index (χ0n) is 16.5. The number of hydrogen-bond donors (Lipinski definition) is 2. The normalized spacial score (nSPS) is 12.6. The molecular formula is C19H25N5O2S2. The van der Waals surface area contributed by atoms with Crippen molar-refractivity contribution in [3.05, 3.63) is 39.3 Å². The topological polar surface area (TPSA) is 95.0 Å². The van der Waals surface area contributed by atoms with E-state index in [0.717, 1.165) is 41.2 Å². The number of aromatic nitrogens is 4. The number of pyridine rings is 1. The van der Waals surface area contributed by atoms with Gasteiger partial charge in [0.25, 0.3) is 0 Å². The molecule has 3 heterocycles. The molecule has 0 unspecified atom stereocenters. The summed E-state index contributed by atoms with van der Waals surface area (Å²) in [6.45, 7) is 8.20. The standard InChI is InChI=1S/C19H25N5O2S2/c1-11(2)10-13(4)24(26)17-15-16(22-19(25)28-15)21-18(23-17)27-9-7-14-12(3)6-5-8-20-14/h5-6,8,11,13,26H,7,9-10H2,1-4H3,(H,21,22,23,25)/t13-/m1/s1. The molecule has 3 rings (SSSR count). The Hall–Kier alpha value is -1.97. The maximum atomic E-state index is 11.8. The summed E-state index contributed by atoms with van der Waals surface area (Å²) in [5, 5.41) is 12.4. The van der Waals surface area contributed by atoms with E-state index in [9.17, 15) is 10.0 Å². The van der Waals surface area contributed by atoms with Crippen molar-refractivity contribution in [3.63, 3.8) is 0 Å². The quantitative estimate of drug-likeness (QED) is 0.323. The van der Waals surface area contributed by atoms with Gasteiger partial charge in [0.1, 0.15) is 4.70 Å². The van der Waals surface area contributed by atoms with E-state index >= 15 is 0 Å². The molecule has 0 saturated carbocycles. The number of fused-ring (bicyclic) bond motifs is 1. The second-order valence-electron chi connectivity index (χ2n) is 7.21. The minimum absolute atomic E-state index is 0.121. The number of rotatable bonds is 8. The van der Waals surface area contributed by atoms with Crippen molar-refractivity contribution >= 4 is 39.3 Å². The molecule has 0 aromatic carbocycles. The number of thiazole rings is 1. The lowest BCUT2D eigenvalue weighted by Crippen LogP contribution is -2.31. The van der Waals surface area contributed by atoms with Crippen LogP contribution < -0.4 is 9.94 Å². The Bertz CT molecular complexity index is 1000. The van der Waals surface area contributed by atoms with Gasteiger partial charge in [-0.05, 0) is 44.2 Å². The molecule has 0 saturated heterocycles. The van der Waals surface area contributed by atoms with Crippen molar-refractivity contribution in [2.45, 2.75) is 51.7 Å². The first-order chi connectivity index (χ1) is 13.3. The van der Waals surface area contributed by atoms with Crippen molar-refractivity contribution in [3.8, 4) is 0 Å². The predicted octanol–water partition coefficient (Wildman–Crippen LogP) is 4.05. The number of aromatic amines is 1. The lowest BCUT2D eigenvalue weighted by atomic mass is 10.1. The molecule has 0 aliphatic rings. The molecule has 0 bridgehead atoms. The smallest absolute Gasteiger partial charge is 0.297 e. The fourth-order valence-electron chi connectivity index (χ4n) is 3.04. The maximum Gasteiger partial charge on any atom is 0.306 e. The molecule has 150 valence electrons. The van der Waals surface area contributed by atoms with Crippen LogP contribution in [0.15, 0.2) is 28.3 Å². The fourth-order valence-corrected chi connectivity index (χ4v) is 4.58. The Kier molecular flexibility index (Phi) is 6.69. The van der Waals surface area contributed by atoms with Crippen LogP contribution in [0.2, 0.25) is 0 Å². The number of hydrogen-bond acceptors (Lipinski definition) is 8. The summed E-state index contributed by atoms with van der Waals surface area (Å²) < 4.78 is 0.577. The number of thioether (sulfide) groups is 1. The van der Waals surface area contributed by atoms with Gasteiger partial charge in [-0.2, -0.15) is 0 Å². The lowest BCUT2D eigenvalue weighted by molar-refractivity contribution is 0.206. The Morgan fingerprint density at radius 3 is 2.82 bits per heavy atom. The van der Waals surface area contributed by atoms with E-state index in [1.807, 2.05) is 26.0 Å². The number of anilines is 1. The van der Waals surface area contributed by atoms with Crippen LogP contribution in [0.25, 0.3) is 10.3 Å². The third kappa shape index (κ3) is 4.89. The molecular weight excluding hydrogens is 394 g/mol. The highest BCUT2D eigenvalue weighted by Crippen LogP contribution is 2.29. The molecule has 0 aliphatic heterocycles. The van der Waals surface area contributed by atoms with E-state index < -0.39 is 0 Å². The van der Waals surface area contributed by atoms with Gasteiger partial charge in [0.2, 0.25) is 0 Å². The van der Waals surface area contributed by atoms with Crippen molar-refractivity contribution in [2.24, 2.45) is 5.92 Å². The van der Waals surface area contributed by atoms with E-state index in [-0.39, 0.29) is 10.9 Å². The highest BCUT2D eigenvalue weighted by Gasteiger charge is 2.21. The van der Waals surface area contributed by atoms with Crippen LogP contribution in [-0.4, -0.2) is 36.9 Å². The molecule has 3 aromatic heterocycles. The Morgan fingerprint density at radius 2 is 2.11 bits per heavy atom. The molecule has 28 heavy (non-hydrogen) atoms. The highest BCUT2D eigenvalue weighted by molar-refractivity contribution is 7.99. The SMILES string of the molecule is Cc1cccnc1CCSc1nc(N(O)[C@H](C)CC(C)C)c2sc(=O)[nH]c2n1. The van der Waals surface area contributed by atoms with E-state index in [2.05, 4.69) is 33.8 Å². The van der Waals surface area contributed by atoms with Crippen LogP contribution in [0, 0.1) is 12.8 Å². The van der Waals surface area contributed by atoms with Crippen molar-refractivity contribution < 1.29 is 5.21 Å². The number of aryl methyl sites for hydroxylation is 2. The van der Waals surface area contributed by atoms with E-state index in [4.69, 9.17) is 0 Å². The summed E-state index contributed by atoms with van der Waals surface area (Å²) in [5.74, 6) is 1.57. The summed E-state index contributed by atoms with van der Waals surface area (Å²) in [5.41, 5.74) is 2.67. The molecule has 0 spiro atoms. The number of hydroxylamine groups is 1. The van der Waals surface area contributed by atoms with Crippen LogP contribution in [0.3, 0.4) is 0 Å². The first kappa shape index (κ1) is 20.8. The highest BCUT2D eigenvalue weighted by atomic mass is 32.2. The summed E-state index contributed by atoms with van der Waals surface area (Å²) in [4.78, 5) is 27.8. The van der Waals surface area contributed by atoms with Crippen molar-refractivity contribution in [1.82, 2.24) is 19.9 Å². The molecule has 0 fully saturated rings. The Morgan fingerprint density at radius 1 is 1.32 bits per heavy atom. The maximum absolute atomic E-state index is 11.8. The lowest BCUT2D eigenvalue weighted by Gasteiger charge is -2.25. The molecule has 1 atom stereocenters. The zero-order valence-corrected chi connectivity index (χ0v) is 18.1. The predicted molar refractivity (Wildman–Crippen MR) is 115 cm³/mol. The van der Waals surface area contributed by atoms with Gasteiger partial charge < -0.3 is 0 Å². The number of nitrogens with zero attached hydrogens (tertiary/aromatic N) is 4. The third-order valence-corrected chi connectivity index (χ3v) is 6.09. The molecule has 9 heteroatoms. The molecule has 7 nitrogen and oxygen atoms in total. The van der Waals surface area contributed by atoms with E-state index in [0.29, 0.717) is 27.2 Å². The van der Waals surface area contributed by atoms with Gasteiger partial charge in [-0.3, -0.25) is 20.0 Å². The Balaban J connectivity index is 1.83. The van der Waals surface area contributed by atoms with Crippen LogP contribution >= 0.6 is 23.1 Å².